The maximum atomic E-state index is 5.82. The number of para-hydroxylation sites is 1. The summed E-state index contributed by atoms with van der Waals surface area (Å²) >= 11 is 0. The molecule has 0 radical (unpaired) electrons. The number of rotatable bonds is 1. The Balaban J connectivity index is 2.31. The minimum absolute atomic E-state index is 0.205. The number of nitrogens with zero attached hydrogens (tertiary/aromatic N) is 1. The van der Waals surface area contributed by atoms with Gasteiger partial charge in [0.15, 0.2) is 0 Å². The molecule has 2 rings (SSSR count). The summed E-state index contributed by atoms with van der Waals surface area (Å²) in [5, 5.41) is 0. The zero-order valence-corrected chi connectivity index (χ0v) is 9.83. The monoisotopic (exact) mass is 204 g/mol. The highest BCUT2D eigenvalue weighted by Crippen LogP contribution is 2.33. The Kier molecular flexibility index (Phi) is 2.47. The van der Waals surface area contributed by atoms with Gasteiger partial charge in [-0.1, -0.05) is 39.0 Å². The summed E-state index contributed by atoms with van der Waals surface area (Å²) < 4.78 is 0. The molecule has 0 bridgehead atoms. The number of anilines is 1. The minimum atomic E-state index is 0.205. The van der Waals surface area contributed by atoms with Crippen molar-refractivity contribution in [3.05, 3.63) is 29.8 Å². The van der Waals surface area contributed by atoms with Crippen LogP contribution in [0, 0.1) is 0 Å². The van der Waals surface area contributed by atoms with Gasteiger partial charge in [-0.25, -0.2) is 0 Å². The van der Waals surface area contributed by atoms with Crippen molar-refractivity contribution in [3.8, 4) is 0 Å². The smallest absolute Gasteiger partial charge is 0.0405 e. The third-order valence-corrected chi connectivity index (χ3v) is 2.96. The number of hydrogen-bond acceptors (Lipinski definition) is 2. The molecular formula is C13H20N2. The summed E-state index contributed by atoms with van der Waals surface area (Å²) in [5.74, 6) is 0. The average molecular weight is 204 g/mol. The zero-order chi connectivity index (χ0) is 11.1. The molecule has 0 unspecified atom stereocenters. The molecule has 2 nitrogen and oxygen atoms in total. The Hall–Kier alpha value is -1.02. The van der Waals surface area contributed by atoms with E-state index in [9.17, 15) is 0 Å². The largest absolute Gasteiger partial charge is 0.368 e. The quantitative estimate of drug-likeness (QED) is 0.759. The van der Waals surface area contributed by atoms with E-state index in [1.165, 1.54) is 11.3 Å². The molecule has 2 N–H and O–H groups in total. The molecule has 0 saturated carbocycles. The lowest BCUT2D eigenvalue weighted by Crippen LogP contribution is -2.56. The summed E-state index contributed by atoms with van der Waals surface area (Å²) in [6.45, 7) is 8.75. The van der Waals surface area contributed by atoms with E-state index in [-0.39, 0.29) is 5.41 Å². The second kappa shape index (κ2) is 3.53. The highest BCUT2D eigenvalue weighted by atomic mass is 15.2. The highest BCUT2D eigenvalue weighted by molar-refractivity contribution is 5.58. The first-order chi connectivity index (χ1) is 6.98. The first-order valence-electron chi connectivity index (χ1n) is 5.58. The van der Waals surface area contributed by atoms with Gasteiger partial charge in [0.1, 0.15) is 0 Å². The van der Waals surface area contributed by atoms with Crippen molar-refractivity contribution >= 4 is 5.69 Å². The van der Waals surface area contributed by atoms with Crippen molar-refractivity contribution < 1.29 is 0 Å². The maximum Gasteiger partial charge on any atom is 0.0405 e. The Labute approximate surface area is 92.1 Å². The molecule has 1 aliphatic heterocycles. The molecule has 0 aliphatic carbocycles. The van der Waals surface area contributed by atoms with Crippen LogP contribution in [0.3, 0.4) is 0 Å². The van der Waals surface area contributed by atoms with Crippen LogP contribution in [-0.4, -0.2) is 19.1 Å². The SMILES string of the molecule is CC(C)(C)c1ccccc1N1CC(N)C1. The van der Waals surface area contributed by atoms with Gasteiger partial charge in [0.05, 0.1) is 0 Å². The summed E-state index contributed by atoms with van der Waals surface area (Å²) in [4.78, 5) is 2.37. The molecule has 82 valence electrons. The van der Waals surface area contributed by atoms with Crippen molar-refractivity contribution in [1.82, 2.24) is 0 Å². The van der Waals surface area contributed by atoms with E-state index in [0.29, 0.717) is 6.04 Å². The van der Waals surface area contributed by atoms with E-state index >= 15 is 0 Å². The lowest BCUT2D eigenvalue weighted by atomic mass is 9.85. The summed E-state index contributed by atoms with van der Waals surface area (Å²) in [7, 11) is 0. The van der Waals surface area contributed by atoms with Crippen LogP contribution in [0.5, 0.6) is 0 Å². The molecule has 1 aliphatic rings. The van der Waals surface area contributed by atoms with Gasteiger partial charge in [0.25, 0.3) is 0 Å². The van der Waals surface area contributed by atoms with Crippen LogP contribution in [-0.2, 0) is 5.41 Å². The molecule has 1 heterocycles. The van der Waals surface area contributed by atoms with Crippen LogP contribution in [0.4, 0.5) is 5.69 Å². The molecular weight excluding hydrogens is 184 g/mol. The van der Waals surface area contributed by atoms with Gasteiger partial charge in [-0.3, -0.25) is 0 Å². The second-order valence-electron chi connectivity index (χ2n) is 5.43. The van der Waals surface area contributed by atoms with E-state index in [1.807, 2.05) is 0 Å². The summed E-state index contributed by atoms with van der Waals surface area (Å²) in [6.07, 6.45) is 0. The molecule has 0 atom stereocenters. The molecule has 0 aromatic heterocycles. The van der Waals surface area contributed by atoms with Gasteiger partial charge in [-0.2, -0.15) is 0 Å². The van der Waals surface area contributed by atoms with Gasteiger partial charge >= 0.3 is 0 Å². The Morgan fingerprint density at radius 1 is 1.20 bits per heavy atom. The predicted octanol–water partition coefficient (Wildman–Crippen LogP) is 2.13. The molecule has 1 saturated heterocycles. The Morgan fingerprint density at radius 3 is 2.33 bits per heavy atom. The summed E-state index contributed by atoms with van der Waals surface area (Å²) in [5.41, 5.74) is 8.80. The fourth-order valence-corrected chi connectivity index (χ4v) is 2.09. The maximum absolute atomic E-state index is 5.82. The number of nitrogens with two attached hydrogens (primary N) is 1. The van der Waals surface area contributed by atoms with Crippen LogP contribution >= 0.6 is 0 Å². The second-order valence-corrected chi connectivity index (χ2v) is 5.43. The molecule has 2 heteroatoms. The van der Waals surface area contributed by atoms with Gasteiger partial charge in [0.2, 0.25) is 0 Å². The minimum Gasteiger partial charge on any atom is -0.368 e. The lowest BCUT2D eigenvalue weighted by Gasteiger charge is -2.41. The third-order valence-electron chi connectivity index (χ3n) is 2.96. The fraction of sp³-hybridized carbons (Fsp3) is 0.538. The molecule has 0 amide bonds. The fourth-order valence-electron chi connectivity index (χ4n) is 2.09. The van der Waals surface area contributed by atoms with Gasteiger partial charge in [-0.05, 0) is 17.0 Å². The van der Waals surface area contributed by atoms with Crippen molar-refractivity contribution in [2.75, 3.05) is 18.0 Å². The van der Waals surface area contributed by atoms with Gasteiger partial charge < -0.3 is 10.6 Å². The Bertz CT molecular complexity index is 346. The first-order valence-corrected chi connectivity index (χ1v) is 5.58. The van der Waals surface area contributed by atoms with Gasteiger partial charge in [-0.15, -0.1) is 0 Å². The van der Waals surface area contributed by atoms with Gasteiger partial charge in [0, 0.05) is 24.8 Å². The van der Waals surface area contributed by atoms with E-state index in [1.54, 1.807) is 0 Å². The predicted molar refractivity (Wildman–Crippen MR) is 65.3 cm³/mol. The number of benzene rings is 1. The average Bonchev–Trinajstić information content (AvgIpc) is 2.12. The number of hydrogen-bond donors (Lipinski definition) is 1. The van der Waals surface area contributed by atoms with Crippen molar-refractivity contribution in [1.29, 1.82) is 0 Å². The van der Waals surface area contributed by atoms with Crippen LogP contribution in [0.2, 0.25) is 0 Å². The van der Waals surface area contributed by atoms with E-state index in [4.69, 9.17) is 5.73 Å². The molecule has 1 aromatic rings. The summed E-state index contributed by atoms with van der Waals surface area (Å²) in [6, 6.07) is 9.00. The van der Waals surface area contributed by atoms with Crippen molar-refractivity contribution in [3.63, 3.8) is 0 Å². The van der Waals surface area contributed by atoms with E-state index in [0.717, 1.165) is 13.1 Å². The van der Waals surface area contributed by atoms with Crippen molar-refractivity contribution in [2.24, 2.45) is 5.73 Å². The molecule has 0 spiro atoms. The standard InChI is InChI=1S/C13H20N2/c1-13(2,3)11-6-4-5-7-12(11)15-8-10(14)9-15/h4-7,10H,8-9,14H2,1-3H3. The van der Waals surface area contributed by atoms with Crippen LogP contribution in [0.15, 0.2) is 24.3 Å². The molecule has 15 heavy (non-hydrogen) atoms. The van der Waals surface area contributed by atoms with Crippen LogP contribution < -0.4 is 10.6 Å². The normalized spacial score (nSPS) is 17.7. The van der Waals surface area contributed by atoms with Crippen LogP contribution in [0.1, 0.15) is 26.3 Å². The first kappa shape index (κ1) is 10.5. The molecule has 1 aromatic carbocycles. The third kappa shape index (κ3) is 2.00. The zero-order valence-electron chi connectivity index (χ0n) is 9.83. The van der Waals surface area contributed by atoms with E-state index < -0.39 is 0 Å². The lowest BCUT2D eigenvalue weighted by molar-refractivity contribution is 0.508. The van der Waals surface area contributed by atoms with E-state index in [2.05, 4.69) is 49.9 Å². The van der Waals surface area contributed by atoms with Crippen LogP contribution in [0.25, 0.3) is 0 Å². The molecule has 1 fully saturated rings. The van der Waals surface area contributed by atoms with Crippen molar-refractivity contribution in [2.45, 2.75) is 32.2 Å². The topological polar surface area (TPSA) is 29.3 Å². The Morgan fingerprint density at radius 2 is 1.80 bits per heavy atom. The highest BCUT2D eigenvalue weighted by Gasteiger charge is 2.27.